The van der Waals surface area contributed by atoms with E-state index in [0.29, 0.717) is 12.1 Å². The van der Waals surface area contributed by atoms with Crippen LogP contribution >= 0.6 is 0 Å². The highest BCUT2D eigenvalue weighted by atomic mass is 16.6. The fourth-order valence-electron chi connectivity index (χ4n) is 1.67. The van der Waals surface area contributed by atoms with Gasteiger partial charge in [-0.15, -0.1) is 6.58 Å². The van der Waals surface area contributed by atoms with Crippen LogP contribution in [0, 0.1) is 10.1 Å². The van der Waals surface area contributed by atoms with Crippen LogP contribution in [0.2, 0.25) is 0 Å². The minimum atomic E-state index is -0.612. The van der Waals surface area contributed by atoms with E-state index in [9.17, 15) is 14.9 Å². The van der Waals surface area contributed by atoms with Gasteiger partial charge in [0.2, 0.25) is 5.91 Å². The molecule has 2 N–H and O–H groups in total. The number of hydrogen-bond donors (Lipinski definition) is 1. The third kappa shape index (κ3) is 4.18. The van der Waals surface area contributed by atoms with Gasteiger partial charge in [-0.3, -0.25) is 14.9 Å². The maximum Gasteiger partial charge on any atom is 0.269 e. The molecule has 0 aliphatic heterocycles. The molecule has 0 aliphatic carbocycles. The highest BCUT2D eigenvalue weighted by molar-refractivity contribution is 5.81. The second-order valence-electron chi connectivity index (χ2n) is 4.22. The summed E-state index contributed by atoms with van der Waals surface area (Å²) in [6, 6.07) is 5.57. The Hall–Kier alpha value is -2.21. The summed E-state index contributed by atoms with van der Waals surface area (Å²) in [5.41, 5.74) is 6.25. The molecular formula is C13H17N3O3. The van der Waals surface area contributed by atoms with Gasteiger partial charge in [-0.05, 0) is 12.5 Å². The van der Waals surface area contributed by atoms with Crippen LogP contribution in [0.5, 0.6) is 0 Å². The summed E-state index contributed by atoms with van der Waals surface area (Å²) in [7, 11) is 0. The molecule has 0 bridgehead atoms. The van der Waals surface area contributed by atoms with Crippen LogP contribution in [0.4, 0.5) is 5.69 Å². The number of nitrogens with zero attached hydrogens (tertiary/aromatic N) is 2. The Morgan fingerprint density at radius 3 is 2.84 bits per heavy atom. The number of hydrogen-bond acceptors (Lipinski definition) is 4. The lowest BCUT2D eigenvalue weighted by atomic mass is 10.1. The van der Waals surface area contributed by atoms with Gasteiger partial charge in [0.25, 0.3) is 5.69 Å². The second-order valence-corrected chi connectivity index (χ2v) is 4.22. The smallest absolute Gasteiger partial charge is 0.269 e. The fourth-order valence-corrected chi connectivity index (χ4v) is 1.67. The second kappa shape index (κ2) is 6.65. The van der Waals surface area contributed by atoms with E-state index in [1.165, 1.54) is 17.0 Å². The summed E-state index contributed by atoms with van der Waals surface area (Å²) in [4.78, 5) is 23.6. The lowest BCUT2D eigenvalue weighted by Crippen LogP contribution is -2.41. The fraction of sp³-hybridized carbons (Fsp3) is 0.308. The van der Waals surface area contributed by atoms with Crippen molar-refractivity contribution in [1.29, 1.82) is 0 Å². The van der Waals surface area contributed by atoms with Gasteiger partial charge in [-0.2, -0.15) is 0 Å². The van der Waals surface area contributed by atoms with Gasteiger partial charge >= 0.3 is 0 Å². The predicted octanol–water partition coefficient (Wildman–Crippen LogP) is 1.46. The number of carbonyl (C=O) groups excluding carboxylic acids is 1. The van der Waals surface area contributed by atoms with E-state index in [1.54, 1.807) is 25.1 Å². The van der Waals surface area contributed by atoms with Crippen LogP contribution in [-0.4, -0.2) is 28.3 Å². The highest BCUT2D eigenvalue weighted by Gasteiger charge is 2.17. The summed E-state index contributed by atoms with van der Waals surface area (Å²) in [6.45, 7) is 5.81. The summed E-state index contributed by atoms with van der Waals surface area (Å²) in [5, 5.41) is 10.7. The van der Waals surface area contributed by atoms with Gasteiger partial charge in [-0.1, -0.05) is 18.2 Å². The first-order valence-corrected chi connectivity index (χ1v) is 5.84. The van der Waals surface area contributed by atoms with Gasteiger partial charge in [0.1, 0.15) is 0 Å². The van der Waals surface area contributed by atoms with E-state index in [2.05, 4.69) is 6.58 Å². The Labute approximate surface area is 111 Å². The number of nitrogens with two attached hydrogens (primary N) is 1. The van der Waals surface area contributed by atoms with E-state index in [0.717, 1.165) is 0 Å². The monoisotopic (exact) mass is 263 g/mol. The van der Waals surface area contributed by atoms with Crippen molar-refractivity contribution >= 4 is 11.6 Å². The van der Waals surface area contributed by atoms with E-state index < -0.39 is 11.0 Å². The molecule has 6 heteroatoms. The van der Waals surface area contributed by atoms with Gasteiger partial charge < -0.3 is 10.6 Å². The molecule has 0 aliphatic rings. The quantitative estimate of drug-likeness (QED) is 0.478. The largest absolute Gasteiger partial charge is 0.333 e. The van der Waals surface area contributed by atoms with E-state index >= 15 is 0 Å². The Kier molecular flexibility index (Phi) is 5.20. The molecule has 0 unspecified atom stereocenters. The molecule has 0 fully saturated rings. The SMILES string of the molecule is C=CCN(Cc1cccc([N+](=O)[O-])c1)C(=O)[C@@H](C)N. The lowest BCUT2D eigenvalue weighted by molar-refractivity contribution is -0.384. The molecule has 0 aromatic heterocycles. The average Bonchev–Trinajstić information content (AvgIpc) is 2.37. The van der Waals surface area contributed by atoms with Gasteiger partial charge in [-0.25, -0.2) is 0 Å². The number of nitro groups is 1. The Morgan fingerprint density at radius 1 is 1.63 bits per heavy atom. The Balaban J connectivity index is 2.90. The number of benzene rings is 1. The minimum Gasteiger partial charge on any atom is -0.333 e. The zero-order chi connectivity index (χ0) is 14.4. The number of amides is 1. The molecule has 102 valence electrons. The zero-order valence-corrected chi connectivity index (χ0v) is 10.8. The van der Waals surface area contributed by atoms with E-state index in [-0.39, 0.29) is 18.1 Å². The molecule has 1 aromatic rings. The van der Waals surface area contributed by atoms with Crippen molar-refractivity contribution in [2.45, 2.75) is 19.5 Å². The average molecular weight is 263 g/mol. The van der Waals surface area contributed by atoms with Gasteiger partial charge in [0.05, 0.1) is 11.0 Å². The molecular weight excluding hydrogens is 246 g/mol. The van der Waals surface area contributed by atoms with Crippen molar-refractivity contribution in [2.75, 3.05) is 6.54 Å². The van der Waals surface area contributed by atoms with Crippen LogP contribution in [0.1, 0.15) is 12.5 Å². The molecule has 0 heterocycles. The number of nitro benzene ring substituents is 1. The van der Waals surface area contributed by atoms with Gasteiger partial charge in [0.15, 0.2) is 0 Å². The maximum absolute atomic E-state index is 11.9. The highest BCUT2D eigenvalue weighted by Crippen LogP contribution is 2.15. The molecule has 0 saturated carbocycles. The van der Waals surface area contributed by atoms with Crippen LogP contribution in [0.3, 0.4) is 0 Å². The van der Waals surface area contributed by atoms with Crippen molar-refractivity contribution < 1.29 is 9.72 Å². The predicted molar refractivity (Wildman–Crippen MR) is 72.4 cm³/mol. The van der Waals surface area contributed by atoms with Crippen LogP contribution in [-0.2, 0) is 11.3 Å². The summed E-state index contributed by atoms with van der Waals surface area (Å²) in [6.07, 6.45) is 1.59. The first-order valence-electron chi connectivity index (χ1n) is 5.84. The molecule has 1 rings (SSSR count). The molecule has 1 atom stereocenters. The van der Waals surface area contributed by atoms with Crippen LogP contribution in [0.15, 0.2) is 36.9 Å². The molecule has 6 nitrogen and oxygen atoms in total. The molecule has 0 radical (unpaired) electrons. The molecule has 0 spiro atoms. The minimum absolute atomic E-state index is 0.00398. The third-order valence-electron chi connectivity index (χ3n) is 2.55. The topological polar surface area (TPSA) is 89.5 Å². The standard InChI is InChI=1S/C13H17N3O3/c1-3-7-15(13(17)10(2)14)9-11-5-4-6-12(8-11)16(18)19/h3-6,8,10H,1,7,9,14H2,2H3/t10-/m1/s1. The van der Waals surface area contributed by atoms with E-state index in [4.69, 9.17) is 5.73 Å². The van der Waals surface area contributed by atoms with Crippen molar-refractivity contribution in [1.82, 2.24) is 4.90 Å². The number of carbonyl (C=O) groups is 1. The summed E-state index contributed by atoms with van der Waals surface area (Å²) < 4.78 is 0. The molecule has 0 saturated heterocycles. The summed E-state index contributed by atoms with van der Waals surface area (Å²) in [5.74, 6) is -0.216. The molecule has 1 aromatic carbocycles. The Bertz CT molecular complexity index is 486. The number of rotatable bonds is 6. The maximum atomic E-state index is 11.9. The molecule has 1 amide bonds. The summed E-state index contributed by atoms with van der Waals surface area (Å²) >= 11 is 0. The normalized spacial score (nSPS) is 11.7. The zero-order valence-electron chi connectivity index (χ0n) is 10.8. The van der Waals surface area contributed by atoms with E-state index in [1.807, 2.05) is 0 Å². The number of non-ortho nitro benzene ring substituents is 1. The molecule has 19 heavy (non-hydrogen) atoms. The van der Waals surface area contributed by atoms with Crippen LogP contribution in [0.25, 0.3) is 0 Å². The lowest BCUT2D eigenvalue weighted by Gasteiger charge is -2.23. The van der Waals surface area contributed by atoms with Crippen molar-refractivity contribution in [3.05, 3.63) is 52.6 Å². The third-order valence-corrected chi connectivity index (χ3v) is 2.55. The van der Waals surface area contributed by atoms with Crippen molar-refractivity contribution in [2.24, 2.45) is 5.73 Å². The van der Waals surface area contributed by atoms with Crippen molar-refractivity contribution in [3.63, 3.8) is 0 Å². The van der Waals surface area contributed by atoms with Crippen molar-refractivity contribution in [3.8, 4) is 0 Å². The van der Waals surface area contributed by atoms with Crippen LogP contribution < -0.4 is 5.73 Å². The first-order chi connectivity index (χ1) is 8.95. The first kappa shape index (κ1) is 14.8. The van der Waals surface area contributed by atoms with Gasteiger partial charge in [0, 0.05) is 25.2 Å². The Morgan fingerprint density at radius 2 is 2.32 bits per heavy atom.